The Balaban J connectivity index is 1.59. The van der Waals surface area contributed by atoms with E-state index in [0.29, 0.717) is 5.91 Å². The van der Waals surface area contributed by atoms with Gasteiger partial charge >= 0.3 is 0 Å². The Morgan fingerprint density at radius 1 is 1.15 bits per heavy atom. The summed E-state index contributed by atoms with van der Waals surface area (Å²) in [5.74, 6) is 2.08. The smallest absolute Gasteiger partial charge is 0.244 e. The van der Waals surface area contributed by atoms with Gasteiger partial charge in [0.1, 0.15) is 0 Å². The Morgan fingerprint density at radius 2 is 1.75 bits per heavy atom. The number of nitrogens with zero attached hydrogens (tertiary/aromatic N) is 1. The molecule has 1 heterocycles. The zero-order valence-corrected chi connectivity index (χ0v) is 13.2. The molecule has 1 aliphatic heterocycles. The number of amides is 1. The minimum atomic E-state index is -0.181. The molecule has 1 atom stereocenters. The third kappa shape index (κ3) is 2.49. The van der Waals surface area contributed by atoms with Crippen molar-refractivity contribution in [2.75, 3.05) is 6.54 Å². The summed E-state index contributed by atoms with van der Waals surface area (Å²) in [4.78, 5) is 15.0. The predicted molar refractivity (Wildman–Crippen MR) is 81.2 cm³/mol. The first-order chi connectivity index (χ1) is 9.64. The number of nitrogens with one attached hydrogen (secondary N) is 1. The molecular weight excluding hydrogens is 248 g/mol. The molecular formula is C17H30N2O. The molecule has 1 saturated heterocycles. The Labute approximate surface area is 123 Å². The molecule has 3 heteroatoms. The van der Waals surface area contributed by atoms with E-state index >= 15 is 0 Å². The van der Waals surface area contributed by atoms with Crippen molar-refractivity contribution >= 4 is 5.91 Å². The molecule has 0 aromatic heterocycles. The van der Waals surface area contributed by atoms with Crippen LogP contribution < -0.4 is 5.32 Å². The van der Waals surface area contributed by atoms with E-state index in [9.17, 15) is 4.79 Å². The summed E-state index contributed by atoms with van der Waals surface area (Å²) in [6.07, 6.45) is 11.5. The van der Waals surface area contributed by atoms with Crippen LogP contribution in [0.4, 0.5) is 0 Å². The van der Waals surface area contributed by atoms with E-state index < -0.39 is 0 Å². The summed E-state index contributed by atoms with van der Waals surface area (Å²) in [5.41, 5.74) is -0.181. The zero-order chi connectivity index (χ0) is 14.2. The van der Waals surface area contributed by atoms with Gasteiger partial charge in [0.25, 0.3) is 0 Å². The number of rotatable bonds is 3. The van der Waals surface area contributed by atoms with Crippen molar-refractivity contribution in [1.82, 2.24) is 10.2 Å². The highest BCUT2D eigenvalue weighted by molar-refractivity contribution is 5.89. The maximum atomic E-state index is 12.8. The number of carbonyl (C=O) groups excluding carboxylic acids is 1. The average molecular weight is 278 g/mol. The molecule has 2 saturated carbocycles. The predicted octanol–water partition coefficient (Wildman–Crippen LogP) is 3.29. The number of hydrogen-bond acceptors (Lipinski definition) is 2. The van der Waals surface area contributed by atoms with Crippen LogP contribution in [0.1, 0.15) is 71.6 Å². The van der Waals surface area contributed by atoms with Gasteiger partial charge in [-0.3, -0.25) is 10.1 Å². The maximum absolute atomic E-state index is 12.8. The lowest BCUT2D eigenvalue weighted by molar-refractivity contribution is -0.133. The molecule has 1 amide bonds. The highest BCUT2D eigenvalue weighted by Gasteiger charge is 2.51. The lowest BCUT2D eigenvalue weighted by Crippen LogP contribution is -2.44. The van der Waals surface area contributed by atoms with E-state index in [0.717, 1.165) is 31.2 Å². The van der Waals surface area contributed by atoms with Crippen LogP contribution in [-0.4, -0.2) is 29.1 Å². The summed E-state index contributed by atoms with van der Waals surface area (Å²) in [6, 6.07) is 0. The highest BCUT2D eigenvalue weighted by atomic mass is 16.2. The topological polar surface area (TPSA) is 32.3 Å². The standard InChI is InChI=1S/C17H30N2O/c1-3-14-6-8-15(9-7-14)12-19-13(2)18-17(16(19)20)10-4-5-11-17/h13-15,18H,3-12H2,1-2H3. The lowest BCUT2D eigenvalue weighted by Gasteiger charge is -2.32. The van der Waals surface area contributed by atoms with Crippen LogP contribution in [0.3, 0.4) is 0 Å². The van der Waals surface area contributed by atoms with Gasteiger partial charge in [0.15, 0.2) is 0 Å². The second kappa shape index (κ2) is 5.67. The first-order valence-corrected chi connectivity index (χ1v) is 8.73. The third-order valence-corrected chi connectivity index (χ3v) is 6.08. The largest absolute Gasteiger partial charge is 0.326 e. The Hall–Kier alpha value is -0.570. The molecule has 0 bridgehead atoms. The monoisotopic (exact) mass is 278 g/mol. The van der Waals surface area contributed by atoms with Crippen LogP contribution in [0.15, 0.2) is 0 Å². The second-order valence-corrected chi connectivity index (χ2v) is 7.36. The van der Waals surface area contributed by atoms with Crippen molar-refractivity contribution < 1.29 is 4.79 Å². The molecule has 114 valence electrons. The molecule has 3 aliphatic rings. The van der Waals surface area contributed by atoms with Gasteiger partial charge in [0.05, 0.1) is 11.7 Å². The highest BCUT2D eigenvalue weighted by Crippen LogP contribution is 2.38. The Morgan fingerprint density at radius 3 is 2.35 bits per heavy atom. The molecule has 20 heavy (non-hydrogen) atoms. The fraction of sp³-hybridized carbons (Fsp3) is 0.941. The van der Waals surface area contributed by atoms with Gasteiger partial charge in [-0.05, 0) is 44.4 Å². The third-order valence-electron chi connectivity index (χ3n) is 6.08. The van der Waals surface area contributed by atoms with Crippen LogP contribution in [0.2, 0.25) is 0 Å². The summed E-state index contributed by atoms with van der Waals surface area (Å²) >= 11 is 0. The van der Waals surface area contributed by atoms with Gasteiger partial charge in [-0.2, -0.15) is 0 Å². The Kier molecular flexibility index (Phi) is 4.07. The van der Waals surface area contributed by atoms with Gasteiger partial charge in [-0.1, -0.05) is 39.0 Å². The van der Waals surface area contributed by atoms with Crippen molar-refractivity contribution in [3.63, 3.8) is 0 Å². The van der Waals surface area contributed by atoms with Crippen LogP contribution in [0, 0.1) is 11.8 Å². The summed E-state index contributed by atoms with van der Waals surface area (Å²) in [6.45, 7) is 5.47. The van der Waals surface area contributed by atoms with Crippen molar-refractivity contribution in [2.45, 2.75) is 83.3 Å². The van der Waals surface area contributed by atoms with E-state index in [-0.39, 0.29) is 11.7 Å². The number of hydrogen-bond donors (Lipinski definition) is 1. The summed E-state index contributed by atoms with van der Waals surface area (Å²) in [7, 11) is 0. The minimum absolute atomic E-state index is 0.181. The van der Waals surface area contributed by atoms with Gasteiger partial charge < -0.3 is 4.90 Å². The van der Waals surface area contributed by atoms with Crippen molar-refractivity contribution in [3.8, 4) is 0 Å². The summed E-state index contributed by atoms with van der Waals surface area (Å²) < 4.78 is 0. The van der Waals surface area contributed by atoms with E-state index in [1.54, 1.807) is 0 Å². The van der Waals surface area contributed by atoms with E-state index in [1.807, 2.05) is 0 Å². The average Bonchev–Trinajstić information content (AvgIpc) is 3.01. The van der Waals surface area contributed by atoms with E-state index in [1.165, 1.54) is 44.9 Å². The molecule has 1 unspecified atom stereocenters. The van der Waals surface area contributed by atoms with Gasteiger partial charge in [0.2, 0.25) is 5.91 Å². The van der Waals surface area contributed by atoms with Crippen LogP contribution in [0.25, 0.3) is 0 Å². The first-order valence-electron chi connectivity index (χ1n) is 8.73. The molecule has 1 spiro atoms. The first kappa shape index (κ1) is 14.4. The fourth-order valence-electron chi connectivity index (χ4n) is 4.67. The Bertz CT molecular complexity index is 354. The molecule has 2 aliphatic carbocycles. The molecule has 0 aromatic rings. The van der Waals surface area contributed by atoms with Crippen molar-refractivity contribution in [3.05, 3.63) is 0 Å². The van der Waals surface area contributed by atoms with Crippen LogP contribution in [0.5, 0.6) is 0 Å². The zero-order valence-electron chi connectivity index (χ0n) is 13.2. The molecule has 3 fully saturated rings. The fourth-order valence-corrected chi connectivity index (χ4v) is 4.67. The SMILES string of the molecule is CCC1CCC(CN2C(=O)C3(CCCC3)NC2C)CC1. The maximum Gasteiger partial charge on any atom is 0.244 e. The van der Waals surface area contributed by atoms with Gasteiger partial charge in [0, 0.05) is 6.54 Å². The molecule has 3 rings (SSSR count). The molecule has 1 N–H and O–H groups in total. The normalized spacial score (nSPS) is 37.0. The van der Waals surface area contributed by atoms with Crippen LogP contribution in [-0.2, 0) is 4.79 Å². The summed E-state index contributed by atoms with van der Waals surface area (Å²) in [5, 5.41) is 3.61. The van der Waals surface area contributed by atoms with Crippen LogP contribution >= 0.6 is 0 Å². The van der Waals surface area contributed by atoms with Crippen molar-refractivity contribution in [1.29, 1.82) is 0 Å². The van der Waals surface area contributed by atoms with E-state index in [2.05, 4.69) is 24.1 Å². The second-order valence-electron chi connectivity index (χ2n) is 7.36. The molecule has 3 nitrogen and oxygen atoms in total. The minimum Gasteiger partial charge on any atom is -0.326 e. The van der Waals surface area contributed by atoms with E-state index in [4.69, 9.17) is 0 Å². The quantitative estimate of drug-likeness (QED) is 0.859. The molecule has 0 aromatic carbocycles. The lowest BCUT2D eigenvalue weighted by atomic mass is 9.80. The van der Waals surface area contributed by atoms with Crippen molar-refractivity contribution in [2.24, 2.45) is 11.8 Å². The molecule has 0 radical (unpaired) electrons. The van der Waals surface area contributed by atoms with Gasteiger partial charge in [-0.15, -0.1) is 0 Å². The number of carbonyl (C=O) groups is 1. The van der Waals surface area contributed by atoms with Gasteiger partial charge in [-0.25, -0.2) is 0 Å².